The summed E-state index contributed by atoms with van der Waals surface area (Å²) in [5.74, 6) is 0.983. The Bertz CT molecular complexity index is 632. The second-order valence-corrected chi connectivity index (χ2v) is 4.76. The summed E-state index contributed by atoms with van der Waals surface area (Å²) in [4.78, 5) is 8.11. The van der Waals surface area contributed by atoms with Crippen LogP contribution < -0.4 is 10.9 Å². The van der Waals surface area contributed by atoms with Crippen molar-refractivity contribution in [1.82, 2.24) is 15.4 Å². The van der Waals surface area contributed by atoms with Gasteiger partial charge in [-0.2, -0.15) is 5.10 Å². The van der Waals surface area contributed by atoms with Gasteiger partial charge in [0, 0.05) is 28.7 Å². The number of amidine groups is 1. The maximum absolute atomic E-state index is 5.89. The standard InChI is InChI=1S/C14H15ClN6/c1-10(2)18-19-13(11-4-6-12(15)7-5-11)20-21-14-16-8-3-9-17-14/h3-9H,1-2H3,(H,19,20)(H,16,17,21). The average Bonchev–Trinajstić information content (AvgIpc) is 2.49. The van der Waals surface area contributed by atoms with Gasteiger partial charge in [-0.1, -0.05) is 11.6 Å². The smallest absolute Gasteiger partial charge is 0.241 e. The van der Waals surface area contributed by atoms with E-state index in [9.17, 15) is 0 Å². The monoisotopic (exact) mass is 302 g/mol. The van der Waals surface area contributed by atoms with Crippen LogP contribution in [0.25, 0.3) is 0 Å². The summed E-state index contributed by atoms with van der Waals surface area (Å²) in [6.45, 7) is 3.74. The third-order valence-electron chi connectivity index (χ3n) is 2.33. The van der Waals surface area contributed by atoms with Crippen molar-refractivity contribution in [2.75, 3.05) is 5.43 Å². The van der Waals surface area contributed by atoms with E-state index >= 15 is 0 Å². The fourth-order valence-corrected chi connectivity index (χ4v) is 1.52. The molecule has 1 heterocycles. The van der Waals surface area contributed by atoms with Gasteiger partial charge in [0.1, 0.15) is 0 Å². The molecule has 0 aliphatic heterocycles. The van der Waals surface area contributed by atoms with E-state index in [1.54, 1.807) is 30.6 Å². The zero-order valence-corrected chi connectivity index (χ0v) is 12.5. The molecular weight excluding hydrogens is 288 g/mol. The zero-order valence-electron chi connectivity index (χ0n) is 11.7. The van der Waals surface area contributed by atoms with E-state index in [0.29, 0.717) is 16.8 Å². The van der Waals surface area contributed by atoms with Crippen molar-refractivity contribution in [3.8, 4) is 0 Å². The van der Waals surface area contributed by atoms with Gasteiger partial charge in [-0.05, 0) is 44.2 Å². The van der Waals surface area contributed by atoms with E-state index in [0.717, 1.165) is 11.3 Å². The van der Waals surface area contributed by atoms with Crippen LogP contribution in [0.2, 0.25) is 5.02 Å². The van der Waals surface area contributed by atoms with E-state index in [1.807, 2.05) is 26.0 Å². The van der Waals surface area contributed by atoms with Crippen LogP contribution in [0.4, 0.5) is 5.95 Å². The number of aromatic nitrogens is 2. The molecule has 6 nitrogen and oxygen atoms in total. The normalized spacial score (nSPS) is 10.9. The number of benzene rings is 1. The minimum Gasteiger partial charge on any atom is -0.280 e. The maximum atomic E-state index is 5.89. The minimum atomic E-state index is 0.441. The lowest BCUT2D eigenvalue weighted by Crippen LogP contribution is -2.31. The molecule has 21 heavy (non-hydrogen) atoms. The molecule has 1 aromatic carbocycles. The predicted molar refractivity (Wildman–Crippen MR) is 85.6 cm³/mol. The maximum Gasteiger partial charge on any atom is 0.241 e. The molecule has 0 radical (unpaired) electrons. The lowest BCUT2D eigenvalue weighted by Gasteiger charge is -2.10. The molecule has 108 valence electrons. The van der Waals surface area contributed by atoms with E-state index in [1.165, 1.54) is 0 Å². The average molecular weight is 303 g/mol. The quantitative estimate of drug-likeness (QED) is 0.517. The highest BCUT2D eigenvalue weighted by molar-refractivity contribution is 6.30. The Kier molecular flexibility index (Phi) is 5.22. The predicted octanol–water partition coefficient (Wildman–Crippen LogP) is 2.89. The second kappa shape index (κ2) is 7.35. The van der Waals surface area contributed by atoms with Crippen molar-refractivity contribution in [3.05, 3.63) is 53.3 Å². The Morgan fingerprint density at radius 2 is 1.71 bits per heavy atom. The van der Waals surface area contributed by atoms with E-state index in [2.05, 4.69) is 31.0 Å². The van der Waals surface area contributed by atoms with Gasteiger partial charge in [0.05, 0.1) is 0 Å². The molecule has 0 spiro atoms. The van der Waals surface area contributed by atoms with Gasteiger partial charge >= 0.3 is 0 Å². The molecule has 2 rings (SSSR count). The number of hydrogen-bond acceptors (Lipinski definition) is 5. The topological polar surface area (TPSA) is 74.6 Å². The molecular formula is C14H15ClN6. The van der Waals surface area contributed by atoms with Crippen molar-refractivity contribution >= 4 is 29.1 Å². The highest BCUT2D eigenvalue weighted by Gasteiger charge is 2.04. The lowest BCUT2D eigenvalue weighted by molar-refractivity contribution is 1.01. The minimum absolute atomic E-state index is 0.441. The molecule has 0 aliphatic rings. The molecule has 0 bridgehead atoms. The van der Waals surface area contributed by atoms with Crippen molar-refractivity contribution in [1.29, 1.82) is 0 Å². The molecule has 0 saturated carbocycles. The van der Waals surface area contributed by atoms with Crippen LogP contribution in [-0.2, 0) is 0 Å². The van der Waals surface area contributed by atoms with Crippen molar-refractivity contribution in [2.24, 2.45) is 10.2 Å². The first-order chi connectivity index (χ1) is 10.1. The summed E-state index contributed by atoms with van der Waals surface area (Å²) in [5.41, 5.74) is 7.52. The van der Waals surface area contributed by atoms with E-state index in [-0.39, 0.29) is 0 Å². The summed E-state index contributed by atoms with van der Waals surface area (Å²) < 4.78 is 0. The summed E-state index contributed by atoms with van der Waals surface area (Å²) in [5, 5.41) is 8.89. The summed E-state index contributed by atoms with van der Waals surface area (Å²) in [6, 6.07) is 9.01. The summed E-state index contributed by atoms with van der Waals surface area (Å²) >= 11 is 5.89. The van der Waals surface area contributed by atoms with Crippen LogP contribution in [-0.4, -0.2) is 21.5 Å². The van der Waals surface area contributed by atoms with Crippen LogP contribution in [0.5, 0.6) is 0 Å². The van der Waals surface area contributed by atoms with Gasteiger partial charge in [0.25, 0.3) is 0 Å². The first kappa shape index (κ1) is 14.9. The highest BCUT2D eigenvalue weighted by Crippen LogP contribution is 2.10. The first-order valence-corrected chi connectivity index (χ1v) is 6.67. The molecule has 0 fully saturated rings. The number of nitrogens with zero attached hydrogens (tertiary/aromatic N) is 4. The number of halogens is 1. The Balaban J connectivity index is 2.18. The second-order valence-electron chi connectivity index (χ2n) is 4.33. The summed E-state index contributed by atoms with van der Waals surface area (Å²) in [6.07, 6.45) is 3.29. The Morgan fingerprint density at radius 1 is 1.05 bits per heavy atom. The molecule has 1 aromatic heterocycles. The summed E-state index contributed by atoms with van der Waals surface area (Å²) in [7, 11) is 0. The zero-order chi connectivity index (χ0) is 15.1. The lowest BCUT2D eigenvalue weighted by atomic mass is 10.2. The highest BCUT2D eigenvalue weighted by atomic mass is 35.5. The number of nitrogens with one attached hydrogen (secondary N) is 2. The van der Waals surface area contributed by atoms with Crippen molar-refractivity contribution in [3.63, 3.8) is 0 Å². The van der Waals surface area contributed by atoms with Crippen LogP contribution in [0.3, 0.4) is 0 Å². The fraction of sp³-hybridized carbons (Fsp3) is 0.143. The van der Waals surface area contributed by atoms with Crippen molar-refractivity contribution < 1.29 is 0 Å². The molecule has 7 heteroatoms. The van der Waals surface area contributed by atoms with Crippen molar-refractivity contribution in [2.45, 2.75) is 13.8 Å². The van der Waals surface area contributed by atoms with Crippen LogP contribution in [0.15, 0.2) is 52.9 Å². The number of hydrazine groups is 1. The van der Waals surface area contributed by atoms with Gasteiger partial charge in [-0.15, -0.1) is 5.10 Å². The number of rotatable bonds is 4. The Hall–Kier alpha value is -2.47. The molecule has 0 amide bonds. The van der Waals surface area contributed by atoms with E-state index < -0.39 is 0 Å². The fourth-order valence-electron chi connectivity index (χ4n) is 1.39. The largest absolute Gasteiger partial charge is 0.280 e. The number of anilines is 1. The molecule has 0 atom stereocenters. The molecule has 0 aliphatic carbocycles. The Labute approximate surface area is 128 Å². The molecule has 0 saturated heterocycles. The van der Waals surface area contributed by atoms with E-state index in [4.69, 9.17) is 11.6 Å². The molecule has 2 aromatic rings. The van der Waals surface area contributed by atoms with Gasteiger partial charge in [-0.25, -0.2) is 9.97 Å². The number of hydrogen-bond donors (Lipinski definition) is 2. The van der Waals surface area contributed by atoms with Crippen LogP contribution >= 0.6 is 11.6 Å². The van der Waals surface area contributed by atoms with Gasteiger partial charge < -0.3 is 0 Å². The first-order valence-electron chi connectivity index (χ1n) is 6.29. The SMILES string of the molecule is CC(C)=NN=C(NNc1ncccn1)c1ccc(Cl)cc1. The van der Waals surface area contributed by atoms with Gasteiger partial charge in [0.2, 0.25) is 5.95 Å². The van der Waals surface area contributed by atoms with Crippen LogP contribution in [0.1, 0.15) is 19.4 Å². The molecule has 0 unspecified atom stereocenters. The third kappa shape index (κ3) is 4.85. The van der Waals surface area contributed by atoms with Gasteiger partial charge in [-0.3, -0.25) is 10.9 Å². The third-order valence-corrected chi connectivity index (χ3v) is 2.58. The van der Waals surface area contributed by atoms with Crippen LogP contribution in [0, 0.1) is 0 Å². The van der Waals surface area contributed by atoms with Gasteiger partial charge in [0.15, 0.2) is 5.84 Å². The molecule has 2 N–H and O–H groups in total. The Morgan fingerprint density at radius 3 is 2.33 bits per heavy atom.